The summed E-state index contributed by atoms with van der Waals surface area (Å²) in [5.41, 5.74) is 2.79. The van der Waals surface area contributed by atoms with E-state index in [0.29, 0.717) is 16.9 Å². The number of hydrogen-bond acceptors (Lipinski definition) is 5. The average Bonchev–Trinajstić information content (AvgIpc) is 3.17. The first-order valence-electron chi connectivity index (χ1n) is 10.2. The number of furan rings is 1. The van der Waals surface area contributed by atoms with Crippen LogP contribution >= 0.6 is 0 Å². The second kappa shape index (κ2) is 7.74. The highest BCUT2D eigenvalue weighted by Gasteiger charge is 2.23. The van der Waals surface area contributed by atoms with Crippen LogP contribution in [0.15, 0.2) is 52.9 Å². The zero-order chi connectivity index (χ0) is 20.5. The second-order valence-electron chi connectivity index (χ2n) is 7.50. The quantitative estimate of drug-likeness (QED) is 0.545. The van der Waals surface area contributed by atoms with Gasteiger partial charge in [0, 0.05) is 25.0 Å². The van der Waals surface area contributed by atoms with Gasteiger partial charge in [0.2, 0.25) is 5.82 Å². The van der Waals surface area contributed by atoms with E-state index in [1.807, 2.05) is 24.3 Å². The lowest BCUT2D eigenvalue weighted by Crippen LogP contribution is -2.32. The lowest BCUT2D eigenvalue weighted by molar-refractivity contribution is 0.0941. The molecule has 1 aliphatic rings. The normalized spacial score (nSPS) is 14.4. The number of rotatable bonds is 4. The van der Waals surface area contributed by atoms with Gasteiger partial charge in [-0.1, -0.05) is 24.3 Å². The molecule has 0 saturated carbocycles. The summed E-state index contributed by atoms with van der Waals surface area (Å²) in [7, 11) is 0. The molecule has 1 aliphatic heterocycles. The van der Waals surface area contributed by atoms with Crippen LogP contribution in [0.4, 0.5) is 10.2 Å². The number of nitrogens with zero attached hydrogens (tertiary/aromatic N) is 3. The largest absolute Gasteiger partial charge is 0.450 e. The first-order chi connectivity index (χ1) is 14.7. The third kappa shape index (κ3) is 3.47. The summed E-state index contributed by atoms with van der Waals surface area (Å²) in [6.07, 6.45) is 3.35. The summed E-state index contributed by atoms with van der Waals surface area (Å²) in [6.45, 7) is 2.02. The number of halogens is 1. The van der Waals surface area contributed by atoms with Crippen molar-refractivity contribution in [2.24, 2.45) is 0 Å². The van der Waals surface area contributed by atoms with E-state index in [0.717, 1.165) is 42.5 Å². The van der Waals surface area contributed by atoms with Crippen molar-refractivity contribution < 1.29 is 13.6 Å². The molecular weight excluding hydrogens is 383 g/mol. The molecule has 1 amide bonds. The minimum Gasteiger partial charge on any atom is -0.450 e. The summed E-state index contributed by atoms with van der Waals surface area (Å²) in [5.74, 6) is 0.0983. The molecule has 30 heavy (non-hydrogen) atoms. The third-order valence-corrected chi connectivity index (χ3v) is 5.43. The second-order valence-corrected chi connectivity index (χ2v) is 7.50. The fourth-order valence-corrected chi connectivity index (χ4v) is 3.86. The number of fused-ring (bicyclic) bond motifs is 3. The van der Waals surface area contributed by atoms with E-state index in [2.05, 4.69) is 20.2 Å². The van der Waals surface area contributed by atoms with Crippen molar-refractivity contribution >= 4 is 33.8 Å². The maximum Gasteiger partial charge on any atom is 0.289 e. The van der Waals surface area contributed by atoms with E-state index in [4.69, 9.17) is 4.42 Å². The van der Waals surface area contributed by atoms with Crippen LogP contribution in [0.2, 0.25) is 0 Å². The number of hydrogen-bond donors (Lipinski definition) is 1. The molecule has 1 fully saturated rings. The van der Waals surface area contributed by atoms with Crippen molar-refractivity contribution in [1.29, 1.82) is 0 Å². The van der Waals surface area contributed by atoms with E-state index >= 15 is 0 Å². The summed E-state index contributed by atoms with van der Waals surface area (Å²) < 4.78 is 19.2. The standard InChI is InChI=1S/C23H21FN4O2/c24-16-10-8-15(9-11-16)14-25-23(29)21-26-19-17-6-2-3-7-18(17)30-20(19)22(27-21)28-12-4-1-5-13-28/h2-3,6-11H,1,4-5,12-14H2,(H,25,29). The number of para-hydroxylation sites is 1. The fourth-order valence-electron chi connectivity index (χ4n) is 3.86. The smallest absolute Gasteiger partial charge is 0.289 e. The molecule has 2 aromatic heterocycles. The molecule has 0 radical (unpaired) electrons. The Bertz CT molecular complexity index is 1210. The summed E-state index contributed by atoms with van der Waals surface area (Å²) in [6, 6.07) is 13.7. The minimum absolute atomic E-state index is 0.108. The molecule has 152 valence electrons. The molecule has 0 bridgehead atoms. The highest BCUT2D eigenvalue weighted by Crippen LogP contribution is 2.33. The minimum atomic E-state index is -0.371. The van der Waals surface area contributed by atoms with Crippen molar-refractivity contribution in [1.82, 2.24) is 15.3 Å². The van der Waals surface area contributed by atoms with Gasteiger partial charge in [-0.2, -0.15) is 0 Å². The summed E-state index contributed by atoms with van der Waals surface area (Å²) >= 11 is 0. The Morgan fingerprint density at radius 1 is 1.03 bits per heavy atom. The average molecular weight is 404 g/mol. The number of aromatic nitrogens is 2. The van der Waals surface area contributed by atoms with E-state index in [1.165, 1.54) is 18.6 Å². The molecule has 5 rings (SSSR count). The maximum atomic E-state index is 13.1. The molecule has 0 spiro atoms. The van der Waals surface area contributed by atoms with Crippen LogP contribution in [0.25, 0.3) is 22.1 Å². The van der Waals surface area contributed by atoms with E-state index in [9.17, 15) is 9.18 Å². The molecule has 6 nitrogen and oxygen atoms in total. The van der Waals surface area contributed by atoms with E-state index < -0.39 is 0 Å². The Morgan fingerprint density at radius 3 is 2.60 bits per heavy atom. The number of anilines is 1. The molecule has 3 heterocycles. The van der Waals surface area contributed by atoms with Gasteiger partial charge in [-0.15, -0.1) is 0 Å². The van der Waals surface area contributed by atoms with E-state index in [1.54, 1.807) is 12.1 Å². The van der Waals surface area contributed by atoms with Crippen LogP contribution in [-0.4, -0.2) is 29.0 Å². The van der Waals surface area contributed by atoms with Gasteiger partial charge in [0.25, 0.3) is 5.91 Å². The number of piperidine rings is 1. The molecule has 2 aromatic carbocycles. The SMILES string of the molecule is O=C(NCc1ccc(F)cc1)c1nc(N2CCCCC2)c2oc3ccccc3c2n1. The van der Waals surface area contributed by atoms with Gasteiger partial charge in [-0.3, -0.25) is 4.79 Å². The predicted octanol–water partition coefficient (Wildman–Crippen LogP) is 4.44. The number of nitrogens with one attached hydrogen (secondary N) is 1. The predicted molar refractivity (Wildman–Crippen MR) is 113 cm³/mol. The van der Waals surface area contributed by atoms with Gasteiger partial charge in [0.05, 0.1) is 0 Å². The summed E-state index contributed by atoms with van der Waals surface area (Å²) in [4.78, 5) is 24.2. The maximum absolute atomic E-state index is 13.1. The lowest BCUT2D eigenvalue weighted by atomic mass is 10.1. The molecule has 4 aromatic rings. The first-order valence-corrected chi connectivity index (χ1v) is 10.2. The Hall–Kier alpha value is -3.48. The molecule has 1 saturated heterocycles. The fraction of sp³-hybridized carbons (Fsp3) is 0.261. The molecule has 0 atom stereocenters. The van der Waals surface area contributed by atoms with Gasteiger partial charge in [-0.05, 0) is 49.1 Å². The van der Waals surface area contributed by atoms with Crippen LogP contribution < -0.4 is 10.2 Å². The van der Waals surface area contributed by atoms with Crippen molar-refractivity contribution in [3.05, 3.63) is 65.7 Å². The van der Waals surface area contributed by atoms with Gasteiger partial charge >= 0.3 is 0 Å². The summed E-state index contributed by atoms with van der Waals surface area (Å²) in [5, 5.41) is 3.70. The highest BCUT2D eigenvalue weighted by atomic mass is 19.1. The van der Waals surface area contributed by atoms with Crippen LogP contribution in [0, 0.1) is 5.82 Å². The Kier molecular flexibility index (Phi) is 4.78. The zero-order valence-electron chi connectivity index (χ0n) is 16.4. The topological polar surface area (TPSA) is 71.3 Å². The Morgan fingerprint density at radius 2 is 1.80 bits per heavy atom. The van der Waals surface area contributed by atoms with Crippen LogP contribution in [0.3, 0.4) is 0 Å². The number of amides is 1. The zero-order valence-corrected chi connectivity index (χ0v) is 16.4. The van der Waals surface area contributed by atoms with Crippen molar-refractivity contribution in [2.45, 2.75) is 25.8 Å². The third-order valence-electron chi connectivity index (χ3n) is 5.43. The molecule has 0 aliphatic carbocycles. The van der Waals surface area contributed by atoms with Crippen molar-refractivity contribution in [3.8, 4) is 0 Å². The first kappa shape index (κ1) is 18.5. The van der Waals surface area contributed by atoms with Gasteiger partial charge < -0.3 is 14.6 Å². The monoisotopic (exact) mass is 404 g/mol. The number of benzene rings is 2. The molecule has 1 N–H and O–H groups in total. The van der Waals surface area contributed by atoms with Crippen LogP contribution in [-0.2, 0) is 6.54 Å². The molecule has 0 unspecified atom stereocenters. The molecule has 7 heteroatoms. The van der Waals surface area contributed by atoms with Gasteiger partial charge in [0.1, 0.15) is 16.9 Å². The highest BCUT2D eigenvalue weighted by molar-refractivity contribution is 6.07. The number of carbonyl (C=O) groups is 1. The van der Waals surface area contributed by atoms with Gasteiger partial charge in [-0.25, -0.2) is 14.4 Å². The molecular formula is C23H21FN4O2. The van der Waals surface area contributed by atoms with E-state index in [-0.39, 0.29) is 24.1 Å². The van der Waals surface area contributed by atoms with Crippen molar-refractivity contribution in [3.63, 3.8) is 0 Å². The number of carbonyl (C=O) groups excluding carboxylic acids is 1. The Balaban J connectivity index is 1.53. The Labute approximate surface area is 172 Å². The van der Waals surface area contributed by atoms with Crippen LogP contribution in [0.5, 0.6) is 0 Å². The lowest BCUT2D eigenvalue weighted by Gasteiger charge is -2.27. The van der Waals surface area contributed by atoms with Gasteiger partial charge in [0.15, 0.2) is 11.4 Å². The van der Waals surface area contributed by atoms with Crippen molar-refractivity contribution in [2.75, 3.05) is 18.0 Å². The van der Waals surface area contributed by atoms with Crippen LogP contribution in [0.1, 0.15) is 35.4 Å².